The van der Waals surface area contributed by atoms with Crippen LogP contribution >= 0.6 is 27.7 Å². The molecule has 1 aromatic carbocycles. The molecule has 0 spiro atoms. The topological polar surface area (TPSA) is 49.7 Å². The molecule has 1 N–H and O–H groups in total. The minimum Gasteiger partial charge on any atom is -0.480 e. The third-order valence-corrected chi connectivity index (χ3v) is 5.38. The minimum absolute atomic E-state index is 0.535. The maximum atomic E-state index is 11.6. The van der Waals surface area contributed by atoms with E-state index in [-0.39, 0.29) is 0 Å². The van der Waals surface area contributed by atoms with Gasteiger partial charge in [0, 0.05) is 14.9 Å². The number of nitrogens with zero attached hydrogens (tertiary/aromatic N) is 1. The van der Waals surface area contributed by atoms with Crippen molar-refractivity contribution in [2.24, 2.45) is 4.99 Å². The van der Waals surface area contributed by atoms with Crippen LogP contribution in [0.5, 0.6) is 0 Å². The Hall–Kier alpha value is -1.07. The standard InChI is InChI=1S/C15H18BrNO2S/c1-5-15(6-2,14(18)19)20-10(3)12-9-11(16)7-8-13(12)17-4/h7-9H,3-6H2,1-2H3,(H,18,19). The molecule has 20 heavy (non-hydrogen) atoms. The Labute approximate surface area is 132 Å². The SMILES string of the molecule is C=Nc1ccc(Br)cc1C(=C)SC(CC)(CC)C(=O)O. The first-order chi connectivity index (χ1) is 9.40. The number of carboxylic acid groups (broad SMARTS) is 1. The summed E-state index contributed by atoms with van der Waals surface area (Å²) in [7, 11) is 0. The molecular weight excluding hydrogens is 338 g/mol. The summed E-state index contributed by atoms with van der Waals surface area (Å²) < 4.78 is 0.0493. The minimum atomic E-state index is -0.849. The van der Waals surface area contributed by atoms with Crippen LogP contribution in [0.1, 0.15) is 32.3 Å². The first-order valence-electron chi connectivity index (χ1n) is 6.28. The average Bonchev–Trinajstić information content (AvgIpc) is 2.44. The lowest BCUT2D eigenvalue weighted by Crippen LogP contribution is -2.33. The maximum Gasteiger partial charge on any atom is 0.320 e. The summed E-state index contributed by atoms with van der Waals surface area (Å²) in [5.41, 5.74) is 1.52. The van der Waals surface area contributed by atoms with Crippen LogP contribution < -0.4 is 0 Å². The van der Waals surface area contributed by atoms with E-state index in [0.717, 1.165) is 10.0 Å². The molecule has 0 aliphatic rings. The highest BCUT2D eigenvalue weighted by molar-refractivity contribution is 9.10. The Morgan fingerprint density at radius 2 is 2.05 bits per heavy atom. The van der Waals surface area contributed by atoms with Gasteiger partial charge < -0.3 is 5.11 Å². The summed E-state index contributed by atoms with van der Waals surface area (Å²) in [6, 6.07) is 5.59. The number of carbonyl (C=O) groups is 1. The molecule has 0 aliphatic carbocycles. The van der Waals surface area contributed by atoms with Crippen molar-refractivity contribution in [2.75, 3.05) is 0 Å². The van der Waals surface area contributed by atoms with Crippen LogP contribution in [0.25, 0.3) is 4.91 Å². The van der Waals surface area contributed by atoms with E-state index in [4.69, 9.17) is 0 Å². The van der Waals surface area contributed by atoms with Crippen molar-refractivity contribution in [1.29, 1.82) is 0 Å². The molecule has 0 saturated heterocycles. The number of carboxylic acids is 1. The van der Waals surface area contributed by atoms with Crippen LogP contribution in [0.4, 0.5) is 5.69 Å². The summed E-state index contributed by atoms with van der Waals surface area (Å²) in [4.78, 5) is 16.2. The third-order valence-electron chi connectivity index (χ3n) is 3.28. The van der Waals surface area contributed by atoms with E-state index in [9.17, 15) is 9.90 Å². The lowest BCUT2D eigenvalue weighted by atomic mass is 10.0. The number of aliphatic imine (C=N–C) groups is 1. The fourth-order valence-electron chi connectivity index (χ4n) is 1.90. The van der Waals surface area contributed by atoms with E-state index < -0.39 is 10.7 Å². The molecule has 3 nitrogen and oxygen atoms in total. The van der Waals surface area contributed by atoms with Crippen LogP contribution in [0.3, 0.4) is 0 Å². The van der Waals surface area contributed by atoms with E-state index in [0.29, 0.717) is 23.4 Å². The van der Waals surface area contributed by atoms with E-state index >= 15 is 0 Å². The Morgan fingerprint density at radius 1 is 1.45 bits per heavy atom. The number of benzene rings is 1. The van der Waals surface area contributed by atoms with Crippen molar-refractivity contribution in [1.82, 2.24) is 0 Å². The molecule has 0 saturated carbocycles. The average molecular weight is 356 g/mol. The summed E-state index contributed by atoms with van der Waals surface area (Å²) in [5, 5.41) is 9.49. The van der Waals surface area contributed by atoms with Crippen molar-refractivity contribution in [2.45, 2.75) is 31.4 Å². The van der Waals surface area contributed by atoms with Gasteiger partial charge in [0.2, 0.25) is 0 Å². The number of aliphatic carboxylic acids is 1. The molecule has 0 unspecified atom stereocenters. The molecule has 1 rings (SSSR count). The molecule has 0 aromatic heterocycles. The second-order valence-electron chi connectivity index (χ2n) is 4.35. The van der Waals surface area contributed by atoms with Gasteiger partial charge in [0.1, 0.15) is 4.75 Å². The highest BCUT2D eigenvalue weighted by Crippen LogP contribution is 2.44. The molecule has 0 amide bonds. The maximum absolute atomic E-state index is 11.6. The number of hydrogen-bond acceptors (Lipinski definition) is 3. The molecule has 5 heteroatoms. The van der Waals surface area contributed by atoms with Gasteiger partial charge in [-0.3, -0.25) is 9.79 Å². The van der Waals surface area contributed by atoms with Gasteiger partial charge in [-0.25, -0.2) is 0 Å². The van der Waals surface area contributed by atoms with Crippen LogP contribution in [0.15, 0.2) is 34.2 Å². The predicted molar refractivity (Wildman–Crippen MR) is 90.9 cm³/mol. The number of hydrogen-bond donors (Lipinski definition) is 1. The Kier molecular flexibility index (Phi) is 6.02. The van der Waals surface area contributed by atoms with Crippen molar-refractivity contribution in [3.05, 3.63) is 34.8 Å². The van der Waals surface area contributed by atoms with Gasteiger partial charge in [-0.15, -0.1) is 11.8 Å². The zero-order valence-electron chi connectivity index (χ0n) is 11.6. The van der Waals surface area contributed by atoms with Gasteiger partial charge in [-0.2, -0.15) is 0 Å². The fourth-order valence-corrected chi connectivity index (χ4v) is 3.38. The fraction of sp³-hybridized carbons (Fsp3) is 0.333. The van der Waals surface area contributed by atoms with Crippen LogP contribution in [0.2, 0.25) is 0 Å². The molecule has 0 radical (unpaired) electrons. The highest BCUT2D eigenvalue weighted by atomic mass is 79.9. The largest absolute Gasteiger partial charge is 0.480 e. The molecule has 0 fully saturated rings. The lowest BCUT2D eigenvalue weighted by molar-refractivity contribution is -0.140. The first-order valence-corrected chi connectivity index (χ1v) is 7.89. The van der Waals surface area contributed by atoms with Gasteiger partial charge in [-0.05, 0) is 37.8 Å². The molecule has 0 bridgehead atoms. The lowest BCUT2D eigenvalue weighted by Gasteiger charge is -2.27. The third kappa shape index (κ3) is 3.52. The Bertz CT molecular complexity index is 539. The van der Waals surface area contributed by atoms with E-state index in [1.54, 1.807) is 0 Å². The van der Waals surface area contributed by atoms with Gasteiger partial charge in [-0.1, -0.05) is 36.4 Å². The predicted octanol–water partition coefficient (Wildman–Crippen LogP) is 5.13. The quantitative estimate of drug-likeness (QED) is 0.689. The van der Waals surface area contributed by atoms with Crippen LogP contribution in [0, 0.1) is 0 Å². The molecule has 0 aliphatic heterocycles. The summed E-state index contributed by atoms with van der Waals surface area (Å²) >= 11 is 4.70. The molecule has 0 heterocycles. The Morgan fingerprint density at radius 3 is 2.50 bits per heavy atom. The number of rotatable bonds is 7. The Balaban J connectivity index is 3.16. The van der Waals surface area contributed by atoms with E-state index in [2.05, 4.69) is 34.2 Å². The van der Waals surface area contributed by atoms with Crippen LogP contribution in [-0.4, -0.2) is 22.5 Å². The number of halogens is 1. The molecule has 108 valence electrons. The second-order valence-corrected chi connectivity index (χ2v) is 6.75. The van der Waals surface area contributed by atoms with Gasteiger partial charge >= 0.3 is 5.97 Å². The van der Waals surface area contributed by atoms with Crippen LogP contribution in [-0.2, 0) is 4.79 Å². The van der Waals surface area contributed by atoms with Gasteiger partial charge in [0.25, 0.3) is 0 Å². The van der Waals surface area contributed by atoms with E-state index in [1.807, 2.05) is 32.0 Å². The molecule has 0 atom stereocenters. The zero-order valence-corrected chi connectivity index (χ0v) is 14.1. The smallest absolute Gasteiger partial charge is 0.320 e. The van der Waals surface area contributed by atoms with E-state index in [1.165, 1.54) is 11.8 Å². The molecular formula is C15H18BrNO2S. The summed E-state index contributed by atoms with van der Waals surface area (Å²) in [6.07, 6.45) is 1.07. The zero-order chi connectivity index (χ0) is 15.3. The summed E-state index contributed by atoms with van der Waals surface area (Å²) in [6.45, 7) is 11.3. The highest BCUT2D eigenvalue weighted by Gasteiger charge is 2.36. The normalized spacial score (nSPS) is 11.2. The van der Waals surface area contributed by atoms with Crippen molar-refractivity contribution in [3.8, 4) is 0 Å². The first kappa shape index (κ1) is 17.0. The van der Waals surface area contributed by atoms with Crippen molar-refractivity contribution < 1.29 is 9.90 Å². The number of thioether (sulfide) groups is 1. The molecule has 1 aromatic rings. The van der Waals surface area contributed by atoms with Gasteiger partial charge in [0.15, 0.2) is 0 Å². The summed E-state index contributed by atoms with van der Waals surface area (Å²) in [5.74, 6) is -0.809. The van der Waals surface area contributed by atoms with Crippen molar-refractivity contribution in [3.63, 3.8) is 0 Å². The monoisotopic (exact) mass is 355 g/mol. The van der Waals surface area contributed by atoms with Crippen molar-refractivity contribution >= 4 is 51.0 Å². The van der Waals surface area contributed by atoms with Gasteiger partial charge in [0.05, 0.1) is 5.69 Å². The second kappa shape index (κ2) is 7.09.